The predicted octanol–water partition coefficient (Wildman–Crippen LogP) is 2.68. The fourth-order valence-corrected chi connectivity index (χ4v) is 1.28. The maximum atomic E-state index is 3.92. The summed E-state index contributed by atoms with van der Waals surface area (Å²) in [5.41, 5.74) is 1.27. The first-order valence-electron chi connectivity index (χ1n) is 4.57. The van der Waals surface area contributed by atoms with E-state index in [0.29, 0.717) is 0 Å². The maximum absolute atomic E-state index is 3.92. The van der Waals surface area contributed by atoms with Gasteiger partial charge in [0.2, 0.25) is 0 Å². The first kappa shape index (κ1) is 10.7. The van der Waals surface area contributed by atoms with E-state index in [4.69, 9.17) is 0 Å². The van der Waals surface area contributed by atoms with Crippen LogP contribution in [-0.4, -0.2) is 24.5 Å². The van der Waals surface area contributed by atoms with Crippen molar-refractivity contribution >= 4 is 0 Å². The van der Waals surface area contributed by atoms with Gasteiger partial charge in [-0.1, -0.05) is 26.0 Å². The third kappa shape index (κ3) is 6.11. The lowest BCUT2D eigenvalue weighted by Crippen LogP contribution is -2.26. The SMILES string of the molecule is C=C(C)CN(CCC)CCC. The molecule has 11 heavy (non-hydrogen) atoms. The fraction of sp³-hybridized carbons (Fsp3) is 0.800. The van der Waals surface area contributed by atoms with Crippen LogP contribution in [0.5, 0.6) is 0 Å². The van der Waals surface area contributed by atoms with Gasteiger partial charge in [0.25, 0.3) is 0 Å². The lowest BCUT2D eigenvalue weighted by Gasteiger charge is -2.20. The molecule has 0 saturated carbocycles. The topological polar surface area (TPSA) is 3.24 Å². The van der Waals surface area contributed by atoms with Gasteiger partial charge >= 0.3 is 0 Å². The third-order valence-electron chi connectivity index (χ3n) is 1.57. The molecule has 0 aromatic heterocycles. The van der Waals surface area contributed by atoms with E-state index >= 15 is 0 Å². The summed E-state index contributed by atoms with van der Waals surface area (Å²) in [6.45, 7) is 13.9. The quantitative estimate of drug-likeness (QED) is 0.533. The summed E-state index contributed by atoms with van der Waals surface area (Å²) >= 11 is 0. The minimum absolute atomic E-state index is 1.07. The molecule has 0 fully saturated rings. The van der Waals surface area contributed by atoms with E-state index in [9.17, 15) is 0 Å². The van der Waals surface area contributed by atoms with Gasteiger partial charge in [0, 0.05) is 6.54 Å². The van der Waals surface area contributed by atoms with Gasteiger partial charge in [-0.05, 0) is 32.9 Å². The molecule has 0 aliphatic carbocycles. The second-order valence-corrected chi connectivity index (χ2v) is 3.23. The maximum Gasteiger partial charge on any atom is 0.0187 e. The molecular weight excluding hydrogens is 134 g/mol. The molecule has 0 aliphatic heterocycles. The summed E-state index contributed by atoms with van der Waals surface area (Å²) in [6, 6.07) is 0. The van der Waals surface area contributed by atoms with Crippen molar-refractivity contribution in [2.24, 2.45) is 0 Å². The van der Waals surface area contributed by atoms with Crippen LogP contribution >= 0.6 is 0 Å². The van der Waals surface area contributed by atoms with E-state index in [1.807, 2.05) is 0 Å². The Kier molecular flexibility index (Phi) is 6.24. The molecule has 0 spiro atoms. The molecule has 1 nitrogen and oxygen atoms in total. The Morgan fingerprint density at radius 3 is 1.91 bits per heavy atom. The van der Waals surface area contributed by atoms with Gasteiger partial charge in [0.1, 0.15) is 0 Å². The zero-order valence-electron chi connectivity index (χ0n) is 8.19. The summed E-state index contributed by atoms with van der Waals surface area (Å²) in [4.78, 5) is 2.46. The summed E-state index contributed by atoms with van der Waals surface area (Å²) in [5, 5.41) is 0. The van der Waals surface area contributed by atoms with Gasteiger partial charge in [0.15, 0.2) is 0 Å². The lowest BCUT2D eigenvalue weighted by molar-refractivity contribution is 0.297. The average Bonchev–Trinajstić information content (AvgIpc) is 1.87. The Balaban J connectivity index is 3.59. The Hall–Kier alpha value is -0.300. The van der Waals surface area contributed by atoms with Crippen molar-refractivity contribution < 1.29 is 0 Å². The minimum atomic E-state index is 1.07. The molecule has 0 heterocycles. The molecule has 0 aromatic rings. The van der Waals surface area contributed by atoms with E-state index in [1.54, 1.807) is 0 Å². The van der Waals surface area contributed by atoms with Crippen LogP contribution in [0.2, 0.25) is 0 Å². The monoisotopic (exact) mass is 155 g/mol. The molecule has 0 bridgehead atoms. The highest BCUT2D eigenvalue weighted by Crippen LogP contribution is 1.98. The van der Waals surface area contributed by atoms with Crippen LogP contribution in [0.15, 0.2) is 12.2 Å². The largest absolute Gasteiger partial charge is 0.299 e. The summed E-state index contributed by atoms with van der Waals surface area (Å²) < 4.78 is 0. The van der Waals surface area contributed by atoms with Crippen molar-refractivity contribution in [3.05, 3.63) is 12.2 Å². The van der Waals surface area contributed by atoms with Crippen LogP contribution in [0.1, 0.15) is 33.6 Å². The van der Waals surface area contributed by atoms with Crippen molar-refractivity contribution in [3.8, 4) is 0 Å². The van der Waals surface area contributed by atoms with Gasteiger partial charge in [0.05, 0.1) is 0 Å². The number of hydrogen-bond acceptors (Lipinski definition) is 1. The van der Waals surface area contributed by atoms with E-state index < -0.39 is 0 Å². The van der Waals surface area contributed by atoms with E-state index in [-0.39, 0.29) is 0 Å². The standard InChI is InChI=1S/C10H21N/c1-5-7-11(8-6-2)9-10(3)4/h3,5-9H2,1-2,4H3. The molecular formula is C10H21N. The Bertz CT molecular complexity index is 101. The lowest BCUT2D eigenvalue weighted by atomic mass is 10.3. The van der Waals surface area contributed by atoms with Crippen molar-refractivity contribution in [2.45, 2.75) is 33.6 Å². The molecule has 0 amide bonds. The normalized spacial score (nSPS) is 10.5. The zero-order chi connectivity index (χ0) is 8.69. The molecule has 0 radical (unpaired) electrons. The molecule has 1 heteroatoms. The molecule has 0 unspecified atom stereocenters. The van der Waals surface area contributed by atoms with Crippen LogP contribution < -0.4 is 0 Å². The average molecular weight is 155 g/mol. The number of nitrogens with zero attached hydrogens (tertiary/aromatic N) is 1. The molecule has 0 aliphatic rings. The van der Waals surface area contributed by atoms with Crippen molar-refractivity contribution in [2.75, 3.05) is 19.6 Å². The van der Waals surface area contributed by atoms with E-state index in [1.165, 1.54) is 31.5 Å². The second kappa shape index (κ2) is 6.41. The van der Waals surface area contributed by atoms with Gasteiger partial charge in [-0.2, -0.15) is 0 Å². The molecule has 0 aromatic carbocycles. The number of rotatable bonds is 6. The highest BCUT2D eigenvalue weighted by molar-refractivity contribution is 4.91. The van der Waals surface area contributed by atoms with E-state index in [2.05, 4.69) is 32.3 Å². The van der Waals surface area contributed by atoms with Crippen LogP contribution in [0, 0.1) is 0 Å². The molecule has 0 atom stereocenters. The first-order chi connectivity index (χ1) is 5.20. The van der Waals surface area contributed by atoms with Crippen LogP contribution in [0.3, 0.4) is 0 Å². The second-order valence-electron chi connectivity index (χ2n) is 3.23. The van der Waals surface area contributed by atoms with Crippen molar-refractivity contribution in [1.82, 2.24) is 4.90 Å². The Morgan fingerprint density at radius 2 is 1.64 bits per heavy atom. The number of hydrogen-bond donors (Lipinski definition) is 0. The summed E-state index contributed by atoms with van der Waals surface area (Å²) in [5.74, 6) is 0. The van der Waals surface area contributed by atoms with Gasteiger partial charge in [-0.25, -0.2) is 0 Å². The third-order valence-corrected chi connectivity index (χ3v) is 1.57. The Labute approximate surface area is 71.1 Å². The van der Waals surface area contributed by atoms with Gasteiger partial charge < -0.3 is 0 Å². The van der Waals surface area contributed by atoms with Crippen LogP contribution in [-0.2, 0) is 0 Å². The zero-order valence-corrected chi connectivity index (χ0v) is 8.19. The van der Waals surface area contributed by atoms with Gasteiger partial charge in [-0.3, -0.25) is 4.90 Å². The fourth-order valence-electron chi connectivity index (χ4n) is 1.28. The Morgan fingerprint density at radius 1 is 1.18 bits per heavy atom. The van der Waals surface area contributed by atoms with Crippen molar-refractivity contribution in [3.63, 3.8) is 0 Å². The predicted molar refractivity (Wildman–Crippen MR) is 51.8 cm³/mol. The van der Waals surface area contributed by atoms with Crippen LogP contribution in [0.4, 0.5) is 0 Å². The molecule has 0 rings (SSSR count). The summed E-state index contributed by atoms with van der Waals surface area (Å²) in [6.07, 6.45) is 2.49. The molecule has 0 N–H and O–H groups in total. The highest BCUT2D eigenvalue weighted by atomic mass is 15.1. The van der Waals surface area contributed by atoms with Crippen LogP contribution in [0.25, 0.3) is 0 Å². The highest BCUT2D eigenvalue weighted by Gasteiger charge is 2.00. The van der Waals surface area contributed by atoms with Gasteiger partial charge in [-0.15, -0.1) is 0 Å². The molecule has 66 valence electrons. The van der Waals surface area contributed by atoms with E-state index in [0.717, 1.165) is 6.54 Å². The van der Waals surface area contributed by atoms with Crippen molar-refractivity contribution in [1.29, 1.82) is 0 Å². The summed E-state index contributed by atoms with van der Waals surface area (Å²) in [7, 11) is 0. The first-order valence-corrected chi connectivity index (χ1v) is 4.57. The minimum Gasteiger partial charge on any atom is -0.299 e. The molecule has 0 saturated heterocycles. The smallest absolute Gasteiger partial charge is 0.0187 e.